The molecule has 8 aromatic rings. The summed E-state index contributed by atoms with van der Waals surface area (Å²) in [4.78, 5) is 0. The van der Waals surface area contributed by atoms with E-state index in [0.717, 1.165) is 19.3 Å². The van der Waals surface area contributed by atoms with Crippen molar-refractivity contribution in [1.82, 2.24) is 0 Å². The van der Waals surface area contributed by atoms with Crippen LogP contribution in [0.25, 0.3) is 76.8 Å². The van der Waals surface area contributed by atoms with Gasteiger partial charge in [-0.2, -0.15) is 0 Å². The van der Waals surface area contributed by atoms with Gasteiger partial charge in [0.1, 0.15) is 0 Å². The van der Waals surface area contributed by atoms with Gasteiger partial charge in [0.25, 0.3) is 0 Å². The second kappa shape index (κ2) is 8.58. The predicted octanol–water partition coefficient (Wildman–Crippen LogP) is 11.5. The molecule has 0 heterocycles. The third kappa shape index (κ3) is 3.16. The fraction of sp³-hybridized carbons (Fsp3) is 0.0667. The van der Waals surface area contributed by atoms with Gasteiger partial charge in [-0.05, 0) is 148 Å². The SMILES string of the molecule is c1ccc(-c2ccc(-c3cc4c5c6c(ccc7c6c6c(cc(-c8cccc(-c9ccccc9)c8)c8c6c5c3C8)C7)C4)cc2)cc1. The van der Waals surface area contributed by atoms with Crippen LogP contribution in [0.5, 0.6) is 0 Å². The average molecular weight is 569 g/mol. The fourth-order valence-electron chi connectivity index (χ4n) is 8.95. The van der Waals surface area contributed by atoms with Crippen LogP contribution in [0.3, 0.4) is 0 Å². The lowest BCUT2D eigenvalue weighted by Crippen LogP contribution is -1.93. The van der Waals surface area contributed by atoms with Crippen LogP contribution in [-0.4, -0.2) is 0 Å². The van der Waals surface area contributed by atoms with Crippen LogP contribution >= 0.6 is 0 Å². The highest BCUT2D eigenvalue weighted by Crippen LogP contribution is 2.56. The molecule has 0 radical (unpaired) electrons. The van der Waals surface area contributed by atoms with Crippen LogP contribution in [0.4, 0.5) is 0 Å². The summed E-state index contributed by atoms with van der Waals surface area (Å²) in [6.07, 6.45) is 3.04. The Bertz CT molecular complexity index is 2570. The Morgan fingerprint density at radius 3 is 1.31 bits per heavy atom. The van der Waals surface area contributed by atoms with Crippen molar-refractivity contribution in [3.05, 3.63) is 167 Å². The van der Waals surface area contributed by atoms with E-state index in [1.54, 1.807) is 10.8 Å². The van der Waals surface area contributed by atoms with Crippen LogP contribution in [0.15, 0.2) is 133 Å². The maximum Gasteiger partial charge on any atom is -0.0000653 e. The van der Waals surface area contributed by atoms with Gasteiger partial charge in [-0.15, -0.1) is 0 Å². The molecular formula is C45H28. The van der Waals surface area contributed by atoms with E-state index in [2.05, 4.69) is 133 Å². The zero-order valence-corrected chi connectivity index (χ0v) is 24.8. The lowest BCUT2D eigenvalue weighted by molar-refractivity contribution is 1.24. The predicted molar refractivity (Wildman–Crippen MR) is 189 cm³/mol. The molecule has 0 unspecified atom stereocenters. The number of hydrogen-bond donors (Lipinski definition) is 0. The molecule has 11 rings (SSSR count). The van der Waals surface area contributed by atoms with Crippen molar-refractivity contribution in [2.24, 2.45) is 0 Å². The Balaban J connectivity index is 1.18. The summed E-state index contributed by atoms with van der Waals surface area (Å²) < 4.78 is 0. The van der Waals surface area contributed by atoms with Crippen LogP contribution in [-0.2, 0) is 19.3 Å². The van der Waals surface area contributed by atoms with E-state index >= 15 is 0 Å². The van der Waals surface area contributed by atoms with E-state index in [1.807, 2.05) is 0 Å². The summed E-state index contributed by atoms with van der Waals surface area (Å²) in [6, 6.07) is 50.0. The van der Waals surface area contributed by atoms with Crippen molar-refractivity contribution in [3.8, 4) is 44.5 Å². The Kier molecular flexibility index (Phi) is 4.57. The molecule has 0 fully saturated rings. The quantitative estimate of drug-likeness (QED) is 0.185. The smallest absolute Gasteiger partial charge is 0.0000653 e. The lowest BCUT2D eigenvalue weighted by atomic mass is 9.89. The lowest BCUT2D eigenvalue weighted by Gasteiger charge is -2.14. The molecule has 0 aliphatic heterocycles. The highest BCUT2D eigenvalue weighted by molar-refractivity contribution is 6.34. The van der Waals surface area contributed by atoms with E-state index in [1.165, 1.54) is 99.4 Å². The molecule has 0 amide bonds. The molecule has 8 aromatic carbocycles. The summed E-state index contributed by atoms with van der Waals surface area (Å²) in [7, 11) is 0. The largest absolute Gasteiger partial charge is 0.0622 e. The molecule has 0 nitrogen and oxygen atoms in total. The Morgan fingerprint density at radius 2 is 0.711 bits per heavy atom. The molecule has 0 bridgehead atoms. The van der Waals surface area contributed by atoms with Crippen molar-refractivity contribution < 1.29 is 0 Å². The highest BCUT2D eigenvalue weighted by Gasteiger charge is 2.34. The highest BCUT2D eigenvalue weighted by atomic mass is 14.4. The maximum absolute atomic E-state index is 2.55. The number of hydrogen-bond acceptors (Lipinski definition) is 0. The van der Waals surface area contributed by atoms with Gasteiger partial charge in [0.15, 0.2) is 0 Å². The second-order valence-corrected chi connectivity index (χ2v) is 13.2. The minimum absolute atomic E-state index is 0.977. The van der Waals surface area contributed by atoms with Crippen molar-refractivity contribution in [1.29, 1.82) is 0 Å². The molecule has 0 N–H and O–H groups in total. The Labute approximate surface area is 262 Å². The van der Waals surface area contributed by atoms with Crippen LogP contribution in [0, 0.1) is 0 Å². The first-order valence-corrected chi connectivity index (χ1v) is 16.2. The Hall–Kier alpha value is -5.46. The van der Waals surface area contributed by atoms with Crippen LogP contribution < -0.4 is 0 Å². The van der Waals surface area contributed by atoms with E-state index in [9.17, 15) is 0 Å². The molecule has 3 aliphatic carbocycles. The molecule has 0 atom stereocenters. The van der Waals surface area contributed by atoms with Gasteiger partial charge in [0, 0.05) is 0 Å². The zero-order valence-electron chi connectivity index (χ0n) is 24.8. The minimum Gasteiger partial charge on any atom is -0.0622 e. The van der Waals surface area contributed by atoms with Crippen LogP contribution in [0.1, 0.15) is 33.4 Å². The maximum atomic E-state index is 2.55. The third-order valence-electron chi connectivity index (χ3n) is 10.9. The topological polar surface area (TPSA) is 0 Å². The zero-order chi connectivity index (χ0) is 29.2. The molecule has 0 saturated carbocycles. The molecule has 3 aliphatic rings. The summed E-state index contributed by atoms with van der Waals surface area (Å²) in [6.45, 7) is 0. The second-order valence-electron chi connectivity index (χ2n) is 13.2. The summed E-state index contributed by atoms with van der Waals surface area (Å²) in [5.41, 5.74) is 19.6. The van der Waals surface area contributed by atoms with Crippen molar-refractivity contribution in [2.45, 2.75) is 19.3 Å². The van der Waals surface area contributed by atoms with E-state index < -0.39 is 0 Å². The van der Waals surface area contributed by atoms with Gasteiger partial charge in [-0.1, -0.05) is 115 Å². The standard InChI is InChI=1S/C45H28/c1-3-8-26(9-4-1)28-14-16-29(17-15-28)36-23-34-21-32-18-19-33-22-35-24-37(31-13-7-12-30(20-31)27-10-5-2-6-11-27)39-25-38(36)44-42(34)40(32)41(33)43(35)45(39)44/h1-20,23-24H,21-22,25H2. The minimum atomic E-state index is 0.977. The van der Waals surface area contributed by atoms with Gasteiger partial charge in [-0.3, -0.25) is 0 Å². The van der Waals surface area contributed by atoms with Gasteiger partial charge in [-0.25, -0.2) is 0 Å². The molecule has 45 heavy (non-hydrogen) atoms. The van der Waals surface area contributed by atoms with E-state index in [0.29, 0.717) is 0 Å². The van der Waals surface area contributed by atoms with Gasteiger partial charge in [0.05, 0.1) is 0 Å². The van der Waals surface area contributed by atoms with Crippen LogP contribution in [0.2, 0.25) is 0 Å². The summed E-state index contributed by atoms with van der Waals surface area (Å²) in [5.74, 6) is 0. The fourth-order valence-corrected chi connectivity index (χ4v) is 8.95. The van der Waals surface area contributed by atoms with Crippen molar-refractivity contribution in [2.75, 3.05) is 0 Å². The molecule has 0 aromatic heterocycles. The van der Waals surface area contributed by atoms with E-state index in [-0.39, 0.29) is 0 Å². The van der Waals surface area contributed by atoms with Gasteiger partial charge < -0.3 is 0 Å². The molecular weight excluding hydrogens is 540 g/mol. The molecule has 0 spiro atoms. The molecule has 0 saturated heterocycles. The van der Waals surface area contributed by atoms with Gasteiger partial charge >= 0.3 is 0 Å². The monoisotopic (exact) mass is 568 g/mol. The first-order valence-electron chi connectivity index (χ1n) is 16.2. The molecule has 208 valence electrons. The molecule has 0 heteroatoms. The first kappa shape index (κ1) is 23.9. The summed E-state index contributed by atoms with van der Waals surface area (Å²) in [5, 5.41) is 9.23. The first-order chi connectivity index (χ1) is 22.3. The number of rotatable bonds is 4. The van der Waals surface area contributed by atoms with E-state index in [4.69, 9.17) is 0 Å². The average Bonchev–Trinajstić information content (AvgIpc) is 3.79. The van der Waals surface area contributed by atoms with Crippen molar-refractivity contribution >= 4 is 32.3 Å². The third-order valence-corrected chi connectivity index (χ3v) is 10.9. The Morgan fingerprint density at radius 1 is 0.267 bits per heavy atom. The number of benzene rings is 8. The summed E-state index contributed by atoms with van der Waals surface area (Å²) >= 11 is 0. The normalized spacial score (nSPS) is 13.5. The van der Waals surface area contributed by atoms with Crippen molar-refractivity contribution in [3.63, 3.8) is 0 Å². The van der Waals surface area contributed by atoms with Gasteiger partial charge in [0.2, 0.25) is 0 Å².